The van der Waals surface area contributed by atoms with Crippen molar-refractivity contribution in [2.45, 2.75) is 20.3 Å². The molecule has 0 amide bonds. The van der Waals surface area contributed by atoms with Crippen molar-refractivity contribution in [1.29, 1.82) is 0 Å². The molecule has 0 fully saturated rings. The van der Waals surface area contributed by atoms with Crippen LogP contribution in [0.2, 0.25) is 0 Å². The van der Waals surface area contributed by atoms with Crippen molar-refractivity contribution >= 4 is 5.97 Å². The molecule has 0 aliphatic rings. The molecule has 0 aliphatic heterocycles. The van der Waals surface area contributed by atoms with E-state index in [-0.39, 0.29) is 19.8 Å². The summed E-state index contributed by atoms with van der Waals surface area (Å²) in [6, 6.07) is 10.5. The van der Waals surface area contributed by atoms with E-state index in [4.69, 9.17) is 14.6 Å². The lowest BCUT2D eigenvalue weighted by atomic mass is 9.96. The zero-order valence-electron chi connectivity index (χ0n) is 15.0. The first kappa shape index (κ1) is 19.7. The molecule has 0 heterocycles. The van der Waals surface area contributed by atoms with Crippen LogP contribution in [0.3, 0.4) is 0 Å². The number of hydrogen-bond acceptors (Lipinski definition) is 4. The number of aryl methyl sites for hydroxylation is 1. The molecule has 5 heteroatoms. The van der Waals surface area contributed by atoms with Crippen LogP contribution in [0.5, 0.6) is 5.75 Å². The summed E-state index contributed by atoms with van der Waals surface area (Å²) >= 11 is 0. The Balaban J connectivity index is 2.33. The third-order valence-electron chi connectivity index (χ3n) is 3.80. The van der Waals surface area contributed by atoms with Gasteiger partial charge in [0.15, 0.2) is 0 Å². The Morgan fingerprint density at radius 2 is 1.88 bits per heavy atom. The average molecular weight is 358 g/mol. The lowest BCUT2D eigenvalue weighted by Crippen LogP contribution is -2.09. The first-order chi connectivity index (χ1) is 12.4. The summed E-state index contributed by atoms with van der Waals surface area (Å²) in [6.07, 6.45) is 0.329. The highest BCUT2D eigenvalue weighted by Gasteiger charge is 2.15. The monoisotopic (exact) mass is 358 g/mol. The second-order valence-corrected chi connectivity index (χ2v) is 6.04. The number of esters is 1. The molecule has 138 valence electrons. The lowest BCUT2D eigenvalue weighted by Gasteiger charge is -2.15. The smallest absolute Gasteiger partial charge is 0.333 e. The Morgan fingerprint density at radius 1 is 1.19 bits per heavy atom. The molecule has 2 rings (SSSR count). The summed E-state index contributed by atoms with van der Waals surface area (Å²) in [5.41, 5.74) is 3.25. The van der Waals surface area contributed by atoms with E-state index in [9.17, 15) is 9.18 Å². The third kappa shape index (κ3) is 5.17. The molecule has 0 atom stereocenters. The van der Waals surface area contributed by atoms with Crippen molar-refractivity contribution in [2.75, 3.05) is 19.8 Å². The highest BCUT2D eigenvalue weighted by molar-refractivity contribution is 5.86. The van der Waals surface area contributed by atoms with E-state index in [0.717, 1.165) is 11.1 Å². The lowest BCUT2D eigenvalue weighted by molar-refractivity contribution is -0.138. The number of ether oxygens (including phenoxy) is 2. The molecule has 0 aliphatic carbocycles. The Bertz CT molecular complexity index is 781. The number of carbonyl (C=O) groups excluding carboxylic acids is 1. The quantitative estimate of drug-likeness (QED) is 0.575. The summed E-state index contributed by atoms with van der Waals surface area (Å²) in [5.74, 6) is -0.575. The topological polar surface area (TPSA) is 55.8 Å². The van der Waals surface area contributed by atoms with Crippen LogP contribution in [0.25, 0.3) is 11.1 Å². The first-order valence-electron chi connectivity index (χ1n) is 8.38. The van der Waals surface area contributed by atoms with Crippen LogP contribution in [0.4, 0.5) is 4.39 Å². The highest BCUT2D eigenvalue weighted by Crippen LogP contribution is 2.31. The van der Waals surface area contributed by atoms with Crippen LogP contribution in [0.1, 0.15) is 18.1 Å². The second kappa shape index (κ2) is 9.15. The molecular weight excluding hydrogens is 335 g/mol. The van der Waals surface area contributed by atoms with Gasteiger partial charge in [0.2, 0.25) is 0 Å². The van der Waals surface area contributed by atoms with Gasteiger partial charge in [0.05, 0.1) is 13.2 Å². The highest BCUT2D eigenvalue weighted by atomic mass is 19.1. The van der Waals surface area contributed by atoms with E-state index in [1.54, 1.807) is 13.0 Å². The van der Waals surface area contributed by atoms with Crippen molar-refractivity contribution in [1.82, 2.24) is 0 Å². The summed E-state index contributed by atoms with van der Waals surface area (Å²) in [4.78, 5) is 11.6. The van der Waals surface area contributed by atoms with Crippen molar-refractivity contribution in [2.24, 2.45) is 0 Å². The zero-order valence-corrected chi connectivity index (χ0v) is 15.0. The van der Waals surface area contributed by atoms with Crippen LogP contribution in [0.15, 0.2) is 48.6 Å². The van der Waals surface area contributed by atoms with Crippen molar-refractivity contribution in [3.05, 3.63) is 65.5 Å². The molecule has 4 nitrogen and oxygen atoms in total. The molecule has 2 aromatic carbocycles. The number of halogens is 1. The van der Waals surface area contributed by atoms with E-state index in [2.05, 4.69) is 6.58 Å². The van der Waals surface area contributed by atoms with E-state index < -0.39 is 11.8 Å². The number of hydrogen-bond donors (Lipinski definition) is 1. The molecule has 0 unspecified atom stereocenters. The Hall–Kier alpha value is -2.66. The van der Waals surface area contributed by atoms with Gasteiger partial charge in [-0.25, -0.2) is 9.18 Å². The molecule has 0 bridgehead atoms. The maximum absolute atomic E-state index is 14.8. The molecule has 0 radical (unpaired) electrons. The van der Waals surface area contributed by atoms with Gasteiger partial charge in [-0.2, -0.15) is 0 Å². The Kier molecular flexibility index (Phi) is 6.92. The summed E-state index contributed by atoms with van der Waals surface area (Å²) in [6.45, 7) is 7.09. The zero-order chi connectivity index (χ0) is 19.1. The fourth-order valence-electron chi connectivity index (χ4n) is 2.50. The van der Waals surface area contributed by atoms with E-state index in [1.807, 2.05) is 31.2 Å². The molecule has 2 aromatic rings. The predicted molar refractivity (Wildman–Crippen MR) is 98.6 cm³/mol. The fourth-order valence-corrected chi connectivity index (χ4v) is 2.50. The summed E-state index contributed by atoms with van der Waals surface area (Å²) < 4.78 is 25.3. The van der Waals surface area contributed by atoms with E-state index in [0.29, 0.717) is 28.9 Å². The molecule has 26 heavy (non-hydrogen) atoms. The number of carbonyl (C=O) groups is 1. The number of aliphatic hydroxyl groups is 1. The minimum Gasteiger partial charge on any atom is -0.491 e. The molecular formula is C21H23FO4. The summed E-state index contributed by atoms with van der Waals surface area (Å²) in [5, 5.41) is 8.89. The molecule has 0 aromatic heterocycles. The van der Waals surface area contributed by atoms with Crippen LogP contribution in [0, 0.1) is 12.7 Å². The number of benzene rings is 2. The van der Waals surface area contributed by atoms with Gasteiger partial charge < -0.3 is 14.6 Å². The van der Waals surface area contributed by atoms with Gasteiger partial charge in [0, 0.05) is 23.6 Å². The Morgan fingerprint density at radius 3 is 2.50 bits per heavy atom. The van der Waals surface area contributed by atoms with Gasteiger partial charge >= 0.3 is 5.97 Å². The minimum atomic E-state index is -0.477. The van der Waals surface area contributed by atoms with Crippen LogP contribution in [-0.2, 0) is 16.0 Å². The van der Waals surface area contributed by atoms with Gasteiger partial charge in [-0.3, -0.25) is 0 Å². The molecule has 0 saturated carbocycles. The van der Waals surface area contributed by atoms with Gasteiger partial charge in [-0.05, 0) is 31.0 Å². The number of rotatable bonds is 8. The van der Waals surface area contributed by atoms with Crippen LogP contribution < -0.4 is 4.74 Å². The normalized spacial score (nSPS) is 10.5. The standard InChI is InChI=1S/C21H23FO4/c1-14(2)21(24)26-10-8-17-12-18(25-11-9-23)13-19(22)20(17)16-6-4-15(3)5-7-16/h4-7,12-13,23H,1,8-11H2,2-3H3. The SMILES string of the molecule is C=C(C)C(=O)OCCc1cc(OCCO)cc(F)c1-c1ccc(C)cc1. The van der Waals surface area contributed by atoms with E-state index >= 15 is 0 Å². The average Bonchev–Trinajstić information content (AvgIpc) is 2.60. The van der Waals surface area contributed by atoms with Crippen molar-refractivity contribution in [3.8, 4) is 16.9 Å². The van der Waals surface area contributed by atoms with Gasteiger partial charge in [-0.15, -0.1) is 0 Å². The van der Waals surface area contributed by atoms with Crippen molar-refractivity contribution < 1.29 is 23.8 Å². The maximum atomic E-state index is 14.8. The molecule has 0 saturated heterocycles. The van der Waals surface area contributed by atoms with Crippen LogP contribution in [-0.4, -0.2) is 30.9 Å². The molecule has 1 N–H and O–H groups in total. The largest absolute Gasteiger partial charge is 0.491 e. The third-order valence-corrected chi connectivity index (χ3v) is 3.80. The fraction of sp³-hybridized carbons (Fsp3) is 0.286. The van der Waals surface area contributed by atoms with Gasteiger partial charge in [0.25, 0.3) is 0 Å². The minimum absolute atomic E-state index is 0.0768. The first-order valence-corrected chi connectivity index (χ1v) is 8.38. The van der Waals surface area contributed by atoms with Crippen LogP contribution >= 0.6 is 0 Å². The maximum Gasteiger partial charge on any atom is 0.333 e. The molecule has 0 spiro atoms. The number of aliphatic hydroxyl groups excluding tert-OH is 1. The van der Waals surface area contributed by atoms with Gasteiger partial charge in [-0.1, -0.05) is 36.4 Å². The van der Waals surface area contributed by atoms with E-state index in [1.165, 1.54) is 6.07 Å². The second-order valence-electron chi connectivity index (χ2n) is 6.04. The van der Waals surface area contributed by atoms with Crippen molar-refractivity contribution in [3.63, 3.8) is 0 Å². The summed E-state index contributed by atoms with van der Waals surface area (Å²) in [7, 11) is 0. The Labute approximate surface area is 152 Å². The predicted octanol–water partition coefficient (Wildman–Crippen LogP) is 3.83. The van der Waals surface area contributed by atoms with Gasteiger partial charge in [0.1, 0.15) is 18.2 Å².